The summed E-state index contributed by atoms with van der Waals surface area (Å²) in [5.74, 6) is 0.334. The topological polar surface area (TPSA) is 102 Å². The van der Waals surface area contributed by atoms with Gasteiger partial charge < -0.3 is 45.3 Å². The second kappa shape index (κ2) is 14.2. The van der Waals surface area contributed by atoms with Crippen molar-refractivity contribution >= 4 is 69.7 Å². The van der Waals surface area contributed by atoms with Crippen LogP contribution in [0.5, 0.6) is 0 Å². The lowest BCUT2D eigenvalue weighted by atomic mass is 10.2. The minimum Gasteiger partial charge on any atom is -0.396 e. The van der Waals surface area contributed by atoms with Gasteiger partial charge in [-0.3, -0.25) is 0 Å². The molecular formula is C35H66O11Si8. The van der Waals surface area contributed by atoms with E-state index in [-0.39, 0.29) is 33.2 Å². The van der Waals surface area contributed by atoms with Gasteiger partial charge in [0.25, 0.3) is 0 Å². The summed E-state index contributed by atoms with van der Waals surface area (Å²) in [6, 6.07) is 0.719. The second-order valence-corrected chi connectivity index (χ2v) is 47.4. The highest BCUT2D eigenvalue weighted by Gasteiger charge is 2.88. The summed E-state index contributed by atoms with van der Waals surface area (Å²) in [5.41, 5.74) is 1.04. The average Bonchev–Trinajstić information content (AvgIpc) is 4.00. The number of hydrogen-bond acceptors (Lipinski definition) is 11. The van der Waals surface area contributed by atoms with Gasteiger partial charge in [0.15, 0.2) is 0 Å². The summed E-state index contributed by atoms with van der Waals surface area (Å²) in [5, 5.41) is 0. The maximum absolute atomic E-state index is 8.39. The van der Waals surface area contributed by atoms with Crippen LogP contribution in [-0.2, 0) is 45.3 Å². The minimum absolute atomic E-state index is 0.133. The van der Waals surface area contributed by atoms with Crippen LogP contribution in [0.3, 0.4) is 0 Å². The molecule has 8 bridgehead atoms. The molecule has 12 rings (SSSR count). The van der Waals surface area contributed by atoms with Crippen molar-refractivity contribution in [3.05, 3.63) is 0 Å². The number of hydrogen-bond donors (Lipinski definition) is 0. The maximum atomic E-state index is 8.39. The van der Waals surface area contributed by atoms with Crippen molar-refractivity contribution in [2.45, 2.75) is 214 Å². The van der Waals surface area contributed by atoms with E-state index in [0.29, 0.717) is 5.92 Å². The van der Waals surface area contributed by atoms with Gasteiger partial charge in [0, 0.05) is 39.3 Å². The van der Waals surface area contributed by atoms with E-state index in [4.69, 9.17) is 45.3 Å². The molecule has 0 N–H and O–H groups in total. The molecule has 9 atom stereocenters. The van der Waals surface area contributed by atoms with Crippen molar-refractivity contribution < 1.29 is 45.3 Å². The Morgan fingerprint density at radius 2 is 0.722 bits per heavy atom. The third kappa shape index (κ3) is 5.97. The molecule has 304 valence electrons. The zero-order valence-corrected chi connectivity index (χ0v) is 41.1. The van der Waals surface area contributed by atoms with Crippen molar-refractivity contribution in [1.29, 1.82) is 0 Å². The van der Waals surface area contributed by atoms with E-state index in [1.807, 2.05) is 0 Å². The predicted octanol–water partition coefficient (Wildman–Crippen LogP) is 9.32. The van der Waals surface area contributed by atoms with Crippen LogP contribution in [0.15, 0.2) is 0 Å². The van der Waals surface area contributed by atoms with E-state index in [9.17, 15) is 0 Å². The molecule has 54 heavy (non-hydrogen) atoms. The standard InChI is InChI=1S/C35H66O11Si8/c1-3-29(2)28-48-36-47-37-49(30-16-4-5-17-30)40-50(38-48,31-18-6-7-19-31)42-52(33-22-10-11-23-33)43-51(39-48,32-20-8-9-21-32)45-54(47,35-26-14-15-27-35)46-53(41-49,44-52)34-24-12-13-25-34/h29-35,47H,3-28H2,1-2H3. The van der Waals surface area contributed by atoms with Crippen molar-refractivity contribution in [3.8, 4) is 0 Å². The Morgan fingerprint density at radius 1 is 0.407 bits per heavy atom. The lowest BCUT2D eigenvalue weighted by Crippen LogP contribution is -2.83. The molecule has 6 saturated heterocycles. The molecule has 11 nitrogen and oxygen atoms in total. The molecule has 6 heterocycles. The van der Waals surface area contributed by atoms with Crippen LogP contribution in [0.4, 0.5) is 0 Å². The quantitative estimate of drug-likeness (QED) is 0.207. The molecule has 0 spiro atoms. The number of rotatable bonds is 9. The highest BCUT2D eigenvalue weighted by Crippen LogP contribution is 2.65. The van der Waals surface area contributed by atoms with Gasteiger partial charge >= 0.3 is 69.7 Å². The van der Waals surface area contributed by atoms with Gasteiger partial charge in [-0.05, 0) is 83.0 Å². The smallest absolute Gasteiger partial charge is 0.396 e. The summed E-state index contributed by atoms with van der Waals surface area (Å²) < 4.78 is 90.6. The monoisotopic (exact) mass is 886 g/mol. The third-order valence-electron chi connectivity index (χ3n) is 16.0. The molecule has 9 unspecified atom stereocenters. The highest BCUT2D eigenvalue weighted by molar-refractivity contribution is 7.30. The van der Waals surface area contributed by atoms with Crippen molar-refractivity contribution in [3.63, 3.8) is 0 Å². The van der Waals surface area contributed by atoms with Gasteiger partial charge in [-0.2, -0.15) is 0 Å². The SMILES string of the molecule is CCC(C)C[Si]12O[SiH]3O[Si]4(C5CCCC5)O[Si](C5CCCC5)(O1)O[Si]1(C5CCCC5)O[Si](C5CCCC5)(O2)O[Si]3(C2CCCC2)O[Si](C2CCCC2)(O4)O1. The van der Waals surface area contributed by atoms with Crippen LogP contribution in [0.25, 0.3) is 0 Å². The molecular weight excluding hydrogens is 821 g/mol. The zero-order chi connectivity index (χ0) is 36.3. The largest absolute Gasteiger partial charge is 0.482 e. The van der Waals surface area contributed by atoms with Gasteiger partial charge in [-0.15, -0.1) is 0 Å². The third-order valence-corrected chi connectivity index (χ3v) is 60.5. The van der Waals surface area contributed by atoms with Crippen LogP contribution < -0.4 is 0 Å². The van der Waals surface area contributed by atoms with E-state index in [1.165, 1.54) is 51.4 Å². The van der Waals surface area contributed by atoms with Crippen LogP contribution >= 0.6 is 0 Å². The van der Waals surface area contributed by atoms with E-state index < -0.39 is 69.7 Å². The summed E-state index contributed by atoms with van der Waals surface area (Å²) >= 11 is 0. The fraction of sp³-hybridized carbons (Fsp3) is 1.00. The Hall–Kier alpha value is 1.30. The molecule has 0 radical (unpaired) electrons. The molecule has 0 aromatic rings. The van der Waals surface area contributed by atoms with Gasteiger partial charge in [0.05, 0.1) is 0 Å². The molecule has 0 amide bonds. The molecule has 0 aromatic carbocycles. The Labute approximate surface area is 332 Å². The van der Waals surface area contributed by atoms with E-state index in [0.717, 1.165) is 115 Å². The van der Waals surface area contributed by atoms with Crippen LogP contribution in [0.1, 0.15) is 174 Å². The first-order chi connectivity index (χ1) is 26.3. The second-order valence-electron chi connectivity index (χ2n) is 19.5. The van der Waals surface area contributed by atoms with Crippen molar-refractivity contribution in [1.82, 2.24) is 0 Å². The highest BCUT2D eigenvalue weighted by atomic mass is 29.3. The summed E-state index contributed by atoms with van der Waals surface area (Å²) in [4.78, 5) is 0. The van der Waals surface area contributed by atoms with Crippen molar-refractivity contribution in [2.75, 3.05) is 0 Å². The summed E-state index contributed by atoms with van der Waals surface area (Å²) in [6.07, 6.45) is 27.5. The van der Waals surface area contributed by atoms with Gasteiger partial charge in [-0.1, -0.05) is 97.3 Å². The van der Waals surface area contributed by atoms with E-state index in [1.54, 1.807) is 0 Å². The van der Waals surface area contributed by atoms with Crippen LogP contribution in [0.2, 0.25) is 39.3 Å². The van der Waals surface area contributed by atoms with Crippen LogP contribution in [0, 0.1) is 5.92 Å². The Bertz CT molecular complexity index is 1390. The zero-order valence-electron chi connectivity index (χ0n) is 33.0. The first kappa shape index (κ1) is 38.2. The first-order valence-electron chi connectivity index (χ1n) is 22.9. The van der Waals surface area contributed by atoms with E-state index in [2.05, 4.69) is 13.8 Å². The molecule has 6 aliphatic carbocycles. The Morgan fingerprint density at radius 3 is 1.13 bits per heavy atom. The first-order valence-corrected chi connectivity index (χ1v) is 38.5. The normalized spacial score (nSPS) is 50.0. The average molecular weight is 888 g/mol. The maximum Gasteiger partial charge on any atom is 0.482 e. The van der Waals surface area contributed by atoms with Gasteiger partial charge in [0.1, 0.15) is 0 Å². The molecule has 12 aliphatic rings. The molecule has 6 aliphatic heterocycles. The fourth-order valence-corrected chi connectivity index (χ4v) is 77.4. The lowest BCUT2D eigenvalue weighted by molar-refractivity contribution is 0.00754. The van der Waals surface area contributed by atoms with Crippen LogP contribution in [-0.4, -0.2) is 69.7 Å². The molecule has 12 fully saturated rings. The Balaban J connectivity index is 1.23. The molecule has 0 aromatic heterocycles. The van der Waals surface area contributed by atoms with Gasteiger partial charge in [-0.25, -0.2) is 0 Å². The fourth-order valence-electron chi connectivity index (χ4n) is 12.9. The summed E-state index contributed by atoms with van der Waals surface area (Å²) in [6.45, 7) is 4.64. The Kier molecular flexibility index (Phi) is 10.0. The van der Waals surface area contributed by atoms with Gasteiger partial charge in [0.2, 0.25) is 0 Å². The van der Waals surface area contributed by atoms with Crippen molar-refractivity contribution in [2.24, 2.45) is 5.92 Å². The summed E-state index contributed by atoms with van der Waals surface area (Å²) in [7, 11) is -28.4. The molecule has 6 saturated carbocycles. The minimum atomic E-state index is -3.74. The molecule has 19 heteroatoms. The van der Waals surface area contributed by atoms with E-state index >= 15 is 0 Å². The predicted molar refractivity (Wildman–Crippen MR) is 217 cm³/mol. The lowest BCUT2D eigenvalue weighted by Gasteiger charge is -2.60.